The zero-order valence-corrected chi connectivity index (χ0v) is 17.2. The number of aryl methyl sites for hydroxylation is 1. The topological polar surface area (TPSA) is 115 Å². The van der Waals surface area contributed by atoms with Crippen molar-refractivity contribution >= 4 is 11.7 Å². The van der Waals surface area contributed by atoms with E-state index < -0.39 is 0 Å². The van der Waals surface area contributed by atoms with E-state index in [0.717, 1.165) is 0 Å². The lowest BCUT2D eigenvalue weighted by atomic mass is 10.2. The highest BCUT2D eigenvalue weighted by molar-refractivity contribution is 6.04. The van der Waals surface area contributed by atoms with Crippen LogP contribution in [-0.4, -0.2) is 31.8 Å². The van der Waals surface area contributed by atoms with E-state index in [9.17, 15) is 9.59 Å². The fourth-order valence-corrected chi connectivity index (χ4v) is 2.99. The summed E-state index contributed by atoms with van der Waals surface area (Å²) in [4.78, 5) is 31.7. The fourth-order valence-electron chi connectivity index (χ4n) is 2.99. The molecule has 0 aliphatic carbocycles. The van der Waals surface area contributed by atoms with Crippen molar-refractivity contribution in [3.8, 4) is 23.2 Å². The first-order valence-electron chi connectivity index (χ1n) is 9.69. The lowest BCUT2D eigenvalue weighted by molar-refractivity contribution is 0.102. The third-order valence-corrected chi connectivity index (χ3v) is 4.27. The summed E-state index contributed by atoms with van der Waals surface area (Å²) < 4.78 is 12.4. The van der Waals surface area contributed by atoms with Gasteiger partial charge in [0.05, 0.1) is 12.4 Å². The first-order valence-corrected chi connectivity index (χ1v) is 9.69. The van der Waals surface area contributed by atoms with Gasteiger partial charge < -0.3 is 14.5 Å². The van der Waals surface area contributed by atoms with Crippen LogP contribution in [0.2, 0.25) is 0 Å². The maximum Gasteiger partial charge on any atom is 0.256 e. The molecular formula is C22H21N5O4. The second-order valence-electron chi connectivity index (χ2n) is 7.16. The third-order valence-electron chi connectivity index (χ3n) is 4.27. The smallest absolute Gasteiger partial charge is 0.256 e. The molecule has 0 fully saturated rings. The molecule has 0 bridgehead atoms. The van der Waals surface area contributed by atoms with Crippen LogP contribution in [0.5, 0.6) is 5.75 Å². The van der Waals surface area contributed by atoms with Gasteiger partial charge in [0.2, 0.25) is 5.95 Å². The van der Waals surface area contributed by atoms with Gasteiger partial charge in [0.1, 0.15) is 17.3 Å². The number of hydrogen-bond donors (Lipinski definition) is 2. The maximum atomic E-state index is 12.9. The first-order chi connectivity index (χ1) is 14.9. The Morgan fingerprint density at radius 1 is 1.19 bits per heavy atom. The number of rotatable bonds is 6. The highest BCUT2D eigenvalue weighted by Gasteiger charge is 2.18. The van der Waals surface area contributed by atoms with E-state index >= 15 is 0 Å². The Morgan fingerprint density at radius 2 is 1.97 bits per heavy atom. The number of furan rings is 1. The van der Waals surface area contributed by atoms with Gasteiger partial charge in [-0.05, 0) is 57.2 Å². The van der Waals surface area contributed by atoms with Crippen LogP contribution in [0.25, 0.3) is 17.4 Å². The third kappa shape index (κ3) is 4.55. The molecule has 4 aromatic rings. The summed E-state index contributed by atoms with van der Waals surface area (Å²) in [6.07, 6.45) is 1.57. The Morgan fingerprint density at radius 3 is 2.61 bits per heavy atom. The van der Waals surface area contributed by atoms with Crippen LogP contribution in [0.1, 0.15) is 29.9 Å². The van der Waals surface area contributed by atoms with E-state index in [4.69, 9.17) is 9.15 Å². The highest BCUT2D eigenvalue weighted by Crippen LogP contribution is 2.24. The normalized spacial score (nSPS) is 11.0. The molecule has 1 aromatic carbocycles. The van der Waals surface area contributed by atoms with Gasteiger partial charge in [-0.1, -0.05) is 0 Å². The van der Waals surface area contributed by atoms with Crippen LogP contribution >= 0.6 is 0 Å². The Labute approximate surface area is 177 Å². The van der Waals surface area contributed by atoms with Crippen molar-refractivity contribution in [2.45, 2.75) is 26.9 Å². The van der Waals surface area contributed by atoms with E-state index in [1.807, 2.05) is 13.8 Å². The van der Waals surface area contributed by atoms with Gasteiger partial charge in [0.25, 0.3) is 11.5 Å². The summed E-state index contributed by atoms with van der Waals surface area (Å²) in [5.41, 5.74) is 1.11. The molecule has 3 heterocycles. The Bertz CT molecular complexity index is 1250. The van der Waals surface area contributed by atoms with Crippen LogP contribution in [-0.2, 0) is 0 Å². The van der Waals surface area contributed by atoms with Crippen molar-refractivity contribution in [2.75, 3.05) is 5.32 Å². The van der Waals surface area contributed by atoms with Gasteiger partial charge in [-0.25, -0.2) is 4.98 Å². The number of carbonyl (C=O) groups excluding carboxylic acids is 1. The number of aromatic amines is 1. The van der Waals surface area contributed by atoms with Crippen LogP contribution in [0, 0.1) is 6.92 Å². The monoisotopic (exact) mass is 419 g/mol. The number of ether oxygens (including phenoxy) is 1. The minimum atomic E-state index is -0.349. The Hall–Kier alpha value is -4.14. The van der Waals surface area contributed by atoms with Crippen molar-refractivity contribution in [1.82, 2.24) is 19.7 Å². The molecule has 0 aliphatic rings. The van der Waals surface area contributed by atoms with Crippen LogP contribution in [0.15, 0.2) is 64.0 Å². The fraction of sp³-hybridized carbons (Fsp3) is 0.182. The molecule has 0 aliphatic heterocycles. The average molecular weight is 419 g/mol. The van der Waals surface area contributed by atoms with E-state index in [1.54, 1.807) is 49.4 Å². The van der Waals surface area contributed by atoms with Crippen molar-refractivity contribution in [2.24, 2.45) is 0 Å². The number of hydrogen-bond acceptors (Lipinski definition) is 6. The molecule has 0 spiro atoms. The summed E-state index contributed by atoms with van der Waals surface area (Å²) in [6.45, 7) is 5.57. The molecule has 0 saturated carbocycles. The van der Waals surface area contributed by atoms with Crippen molar-refractivity contribution < 1.29 is 13.9 Å². The molecule has 4 rings (SSSR count). The lowest BCUT2D eigenvalue weighted by Gasteiger charge is -2.11. The van der Waals surface area contributed by atoms with Gasteiger partial charge in [0, 0.05) is 23.4 Å². The molecule has 0 saturated heterocycles. The van der Waals surface area contributed by atoms with Gasteiger partial charge in [0.15, 0.2) is 5.76 Å². The second-order valence-corrected chi connectivity index (χ2v) is 7.16. The number of benzene rings is 1. The van der Waals surface area contributed by atoms with E-state index in [0.29, 0.717) is 34.3 Å². The van der Waals surface area contributed by atoms with Gasteiger partial charge in [-0.15, -0.1) is 0 Å². The molecule has 9 heteroatoms. The summed E-state index contributed by atoms with van der Waals surface area (Å²) in [5.74, 6) is 1.35. The molecule has 9 nitrogen and oxygen atoms in total. The molecule has 0 atom stereocenters. The van der Waals surface area contributed by atoms with Crippen LogP contribution in [0.3, 0.4) is 0 Å². The largest absolute Gasteiger partial charge is 0.491 e. The van der Waals surface area contributed by atoms with Crippen molar-refractivity contribution in [3.05, 3.63) is 76.4 Å². The molecule has 2 N–H and O–H groups in total. The summed E-state index contributed by atoms with van der Waals surface area (Å²) in [7, 11) is 0. The summed E-state index contributed by atoms with van der Waals surface area (Å²) in [5, 5.41) is 7.28. The molecule has 0 radical (unpaired) electrons. The predicted octanol–water partition coefficient (Wildman–Crippen LogP) is 3.56. The van der Waals surface area contributed by atoms with E-state index in [2.05, 4.69) is 20.4 Å². The number of anilines is 1. The minimum absolute atomic E-state index is 0.0398. The predicted molar refractivity (Wildman–Crippen MR) is 115 cm³/mol. The average Bonchev–Trinajstić information content (AvgIpc) is 3.37. The molecule has 0 unspecified atom stereocenters. The van der Waals surface area contributed by atoms with Gasteiger partial charge >= 0.3 is 0 Å². The zero-order chi connectivity index (χ0) is 22.0. The van der Waals surface area contributed by atoms with Gasteiger partial charge in [-0.2, -0.15) is 9.78 Å². The number of nitrogens with zero attached hydrogens (tertiary/aromatic N) is 3. The Balaban J connectivity index is 1.68. The van der Waals surface area contributed by atoms with E-state index in [1.165, 1.54) is 17.0 Å². The standard InChI is InChI=1S/C22H21N5O4/c1-13(2)31-16-8-6-15(7-9-16)21(29)24-19-12-17(18-5-4-10-30-18)26-27(19)22-23-14(3)11-20(28)25-22/h4-13H,1-3H3,(H,24,29)(H,23,25,28). The highest BCUT2D eigenvalue weighted by atomic mass is 16.5. The lowest BCUT2D eigenvalue weighted by Crippen LogP contribution is -2.19. The number of nitrogens with one attached hydrogen (secondary N) is 2. The zero-order valence-electron chi connectivity index (χ0n) is 17.2. The minimum Gasteiger partial charge on any atom is -0.491 e. The van der Waals surface area contributed by atoms with Crippen LogP contribution < -0.4 is 15.6 Å². The number of aromatic nitrogens is 4. The molecule has 1 amide bonds. The molecule has 158 valence electrons. The maximum absolute atomic E-state index is 12.9. The molecule has 3 aromatic heterocycles. The summed E-state index contributed by atoms with van der Waals surface area (Å²) in [6, 6.07) is 13.3. The first kappa shape index (κ1) is 20.1. The van der Waals surface area contributed by atoms with E-state index in [-0.39, 0.29) is 23.5 Å². The van der Waals surface area contributed by atoms with Gasteiger partial charge in [-0.3, -0.25) is 14.6 Å². The second kappa shape index (κ2) is 8.31. The quantitative estimate of drug-likeness (QED) is 0.494. The molecule has 31 heavy (non-hydrogen) atoms. The van der Waals surface area contributed by atoms with Crippen molar-refractivity contribution in [3.63, 3.8) is 0 Å². The SMILES string of the molecule is Cc1cc(=O)[nH]c(-n2nc(-c3ccco3)cc2NC(=O)c2ccc(OC(C)C)cc2)n1. The number of carbonyl (C=O) groups is 1. The summed E-state index contributed by atoms with van der Waals surface area (Å²) >= 11 is 0. The number of H-pyrrole nitrogens is 1. The van der Waals surface area contributed by atoms with Crippen LogP contribution in [0.4, 0.5) is 5.82 Å². The molecular weight excluding hydrogens is 398 g/mol. The number of amides is 1. The van der Waals surface area contributed by atoms with Crippen molar-refractivity contribution in [1.29, 1.82) is 0 Å². The Kier molecular flexibility index (Phi) is 5.40.